The van der Waals surface area contributed by atoms with E-state index < -0.39 is 0 Å². The normalized spacial score (nSPS) is 43.7. The van der Waals surface area contributed by atoms with Gasteiger partial charge in [0, 0.05) is 0 Å². The van der Waals surface area contributed by atoms with Crippen molar-refractivity contribution in [2.45, 2.75) is 40.0 Å². The van der Waals surface area contributed by atoms with Gasteiger partial charge in [0.25, 0.3) is 0 Å². The molecule has 2 unspecified atom stereocenters. The summed E-state index contributed by atoms with van der Waals surface area (Å²) in [5.74, 6) is 2.92. The maximum absolute atomic E-state index is 4.18. The highest BCUT2D eigenvalue weighted by Gasteiger charge is 2.68. The van der Waals surface area contributed by atoms with E-state index in [0.29, 0.717) is 5.41 Å². The van der Waals surface area contributed by atoms with Crippen molar-refractivity contribution in [2.24, 2.45) is 23.2 Å². The van der Waals surface area contributed by atoms with Crippen molar-refractivity contribution < 1.29 is 0 Å². The summed E-state index contributed by atoms with van der Waals surface area (Å²) in [5, 5.41) is 0. The van der Waals surface area contributed by atoms with Gasteiger partial charge in [-0.15, -0.1) is 0 Å². The highest BCUT2D eigenvalue weighted by Crippen LogP contribution is 2.75. The van der Waals surface area contributed by atoms with Crippen molar-refractivity contribution in [3.8, 4) is 0 Å². The van der Waals surface area contributed by atoms with E-state index in [0.717, 1.165) is 17.8 Å². The zero-order chi connectivity index (χ0) is 8.93. The minimum atomic E-state index is 0.605. The van der Waals surface area contributed by atoms with Crippen molar-refractivity contribution in [1.82, 2.24) is 0 Å². The Labute approximate surface area is 76.1 Å². The summed E-state index contributed by atoms with van der Waals surface area (Å²) < 4.78 is 0. The number of hydrogen-bond acceptors (Lipinski definition) is 0. The maximum Gasteiger partial charge on any atom is -0.00287 e. The van der Waals surface area contributed by atoms with Crippen LogP contribution in [-0.4, -0.2) is 0 Å². The van der Waals surface area contributed by atoms with E-state index in [9.17, 15) is 0 Å². The van der Waals surface area contributed by atoms with Crippen molar-refractivity contribution >= 4 is 0 Å². The third-order valence-electron chi connectivity index (χ3n) is 4.03. The highest BCUT2D eigenvalue weighted by atomic mass is 14.7. The monoisotopic (exact) mass is 164 g/mol. The van der Waals surface area contributed by atoms with Gasteiger partial charge in [-0.05, 0) is 49.4 Å². The van der Waals surface area contributed by atoms with E-state index in [2.05, 4.69) is 27.4 Å². The Bertz CT molecular complexity index is 202. The van der Waals surface area contributed by atoms with Gasteiger partial charge in [-0.3, -0.25) is 0 Å². The third kappa shape index (κ3) is 0.841. The van der Waals surface area contributed by atoms with Crippen LogP contribution in [0.1, 0.15) is 40.0 Å². The summed E-state index contributed by atoms with van der Waals surface area (Å²) >= 11 is 0. The van der Waals surface area contributed by atoms with Crippen molar-refractivity contribution in [3.63, 3.8) is 0 Å². The van der Waals surface area contributed by atoms with E-state index in [4.69, 9.17) is 0 Å². The molecule has 2 fully saturated rings. The summed E-state index contributed by atoms with van der Waals surface area (Å²) in [6, 6.07) is 0. The lowest BCUT2D eigenvalue weighted by Gasteiger charge is -2.18. The average molecular weight is 164 g/mol. The van der Waals surface area contributed by atoms with E-state index in [-0.39, 0.29) is 0 Å². The molecular formula is C12H20. The molecule has 0 bridgehead atoms. The van der Waals surface area contributed by atoms with Crippen LogP contribution in [0.2, 0.25) is 0 Å². The van der Waals surface area contributed by atoms with Gasteiger partial charge in [-0.25, -0.2) is 0 Å². The standard InChI is InChI=1S/C12H20/c1-8(2)7-12(9(3)4)10-5-6-11(10)12/h8,10-11H,3,5-7H2,1-2,4H3. The summed E-state index contributed by atoms with van der Waals surface area (Å²) in [4.78, 5) is 0. The predicted octanol–water partition coefficient (Wildman–Crippen LogP) is 3.63. The van der Waals surface area contributed by atoms with Crippen LogP contribution in [0.15, 0.2) is 12.2 Å². The van der Waals surface area contributed by atoms with Crippen molar-refractivity contribution in [2.75, 3.05) is 0 Å². The lowest BCUT2D eigenvalue weighted by molar-refractivity contribution is 0.415. The molecule has 0 spiro atoms. The Morgan fingerprint density at radius 2 is 1.92 bits per heavy atom. The molecule has 12 heavy (non-hydrogen) atoms. The third-order valence-corrected chi connectivity index (χ3v) is 4.03. The second-order valence-electron chi connectivity index (χ2n) is 5.21. The zero-order valence-corrected chi connectivity index (χ0v) is 8.56. The molecule has 0 aromatic carbocycles. The van der Waals surface area contributed by atoms with Gasteiger partial charge in [0.1, 0.15) is 0 Å². The molecule has 0 N–H and O–H groups in total. The fraction of sp³-hybridized carbons (Fsp3) is 0.833. The zero-order valence-electron chi connectivity index (χ0n) is 8.56. The van der Waals surface area contributed by atoms with Crippen molar-refractivity contribution in [3.05, 3.63) is 12.2 Å². The van der Waals surface area contributed by atoms with Gasteiger partial charge >= 0.3 is 0 Å². The van der Waals surface area contributed by atoms with Crippen LogP contribution in [0.25, 0.3) is 0 Å². The molecule has 2 saturated carbocycles. The first-order valence-electron chi connectivity index (χ1n) is 5.25. The lowest BCUT2D eigenvalue weighted by Crippen LogP contribution is -2.08. The summed E-state index contributed by atoms with van der Waals surface area (Å²) in [6.07, 6.45) is 4.34. The highest BCUT2D eigenvalue weighted by molar-refractivity contribution is 5.29. The quantitative estimate of drug-likeness (QED) is 0.559. The number of fused-ring (bicyclic) bond motifs is 1. The second-order valence-corrected chi connectivity index (χ2v) is 5.21. The summed E-state index contributed by atoms with van der Waals surface area (Å²) in [5.41, 5.74) is 2.07. The van der Waals surface area contributed by atoms with Gasteiger partial charge in [-0.2, -0.15) is 0 Å². The maximum atomic E-state index is 4.18. The molecule has 0 amide bonds. The molecule has 0 aromatic rings. The molecular weight excluding hydrogens is 144 g/mol. The summed E-state index contributed by atoms with van der Waals surface area (Å²) in [7, 11) is 0. The first-order valence-corrected chi connectivity index (χ1v) is 5.25. The molecule has 0 saturated heterocycles. The van der Waals surface area contributed by atoms with Crippen LogP contribution >= 0.6 is 0 Å². The van der Waals surface area contributed by atoms with Crippen LogP contribution in [0.3, 0.4) is 0 Å². The molecule has 0 nitrogen and oxygen atoms in total. The smallest absolute Gasteiger partial charge is 0.00287 e. The molecule has 0 heterocycles. The SMILES string of the molecule is C=C(C)C1(CC(C)C)C2CCC21. The lowest BCUT2D eigenvalue weighted by atomic mass is 9.86. The average Bonchev–Trinajstić information content (AvgIpc) is 2.24. The minimum absolute atomic E-state index is 0.605. The Morgan fingerprint density at radius 1 is 1.42 bits per heavy atom. The van der Waals surface area contributed by atoms with E-state index in [1.165, 1.54) is 24.8 Å². The van der Waals surface area contributed by atoms with Crippen LogP contribution in [-0.2, 0) is 0 Å². The van der Waals surface area contributed by atoms with Crippen LogP contribution in [0, 0.1) is 23.2 Å². The molecule has 0 radical (unpaired) electrons. The molecule has 68 valence electrons. The van der Waals surface area contributed by atoms with Gasteiger partial charge in [0.15, 0.2) is 0 Å². The van der Waals surface area contributed by atoms with Gasteiger partial charge < -0.3 is 0 Å². The fourth-order valence-corrected chi connectivity index (χ4v) is 3.41. The molecule has 0 heteroatoms. The molecule has 2 aliphatic rings. The molecule has 2 rings (SSSR count). The molecule has 0 aliphatic heterocycles. The Hall–Kier alpha value is -0.260. The van der Waals surface area contributed by atoms with Crippen LogP contribution in [0.4, 0.5) is 0 Å². The number of rotatable bonds is 3. The van der Waals surface area contributed by atoms with E-state index in [1.54, 1.807) is 0 Å². The largest absolute Gasteiger partial charge is 0.0996 e. The first kappa shape index (κ1) is 8.34. The van der Waals surface area contributed by atoms with Crippen LogP contribution < -0.4 is 0 Å². The molecule has 2 atom stereocenters. The Morgan fingerprint density at radius 3 is 2.17 bits per heavy atom. The molecule has 2 aliphatic carbocycles. The number of allylic oxidation sites excluding steroid dienone is 1. The van der Waals surface area contributed by atoms with E-state index in [1.807, 2.05) is 0 Å². The van der Waals surface area contributed by atoms with Crippen molar-refractivity contribution in [1.29, 1.82) is 0 Å². The first-order chi connectivity index (χ1) is 5.59. The van der Waals surface area contributed by atoms with Gasteiger partial charge in [-0.1, -0.05) is 26.0 Å². The topological polar surface area (TPSA) is 0 Å². The second kappa shape index (κ2) is 2.37. The Balaban J connectivity index is 2.10. The Kier molecular flexibility index (Phi) is 1.65. The predicted molar refractivity (Wildman–Crippen MR) is 52.9 cm³/mol. The molecule has 0 aromatic heterocycles. The summed E-state index contributed by atoms with van der Waals surface area (Å²) in [6.45, 7) is 11.1. The van der Waals surface area contributed by atoms with Crippen LogP contribution in [0.5, 0.6) is 0 Å². The van der Waals surface area contributed by atoms with Gasteiger partial charge in [0.05, 0.1) is 0 Å². The van der Waals surface area contributed by atoms with Gasteiger partial charge in [0.2, 0.25) is 0 Å². The minimum Gasteiger partial charge on any atom is -0.0996 e. The van der Waals surface area contributed by atoms with E-state index >= 15 is 0 Å². The fourth-order valence-electron chi connectivity index (χ4n) is 3.41. The number of hydrogen-bond donors (Lipinski definition) is 0.